The van der Waals surface area contributed by atoms with E-state index >= 15 is 0 Å². The molecule has 1 saturated heterocycles. The summed E-state index contributed by atoms with van der Waals surface area (Å²) in [5.41, 5.74) is 1.08. The molecule has 2 N–H and O–H groups in total. The van der Waals surface area contributed by atoms with Gasteiger partial charge in [0.25, 0.3) is 0 Å². The normalized spacial score (nSPS) is 27.3. The van der Waals surface area contributed by atoms with Crippen molar-refractivity contribution in [1.29, 1.82) is 0 Å². The number of nitrogens with one attached hydrogen (secondary N) is 2. The average Bonchev–Trinajstić information content (AvgIpc) is 3.59. The van der Waals surface area contributed by atoms with Crippen LogP contribution in [0.1, 0.15) is 77.5 Å². The van der Waals surface area contributed by atoms with Gasteiger partial charge in [-0.2, -0.15) is 0 Å². The zero-order valence-corrected chi connectivity index (χ0v) is 24.8. The zero-order chi connectivity index (χ0) is 29.0. The van der Waals surface area contributed by atoms with Gasteiger partial charge in [0.1, 0.15) is 11.8 Å². The number of benzene rings is 1. The molecule has 2 heterocycles. The van der Waals surface area contributed by atoms with Crippen LogP contribution in [0.5, 0.6) is 0 Å². The molecule has 3 aliphatic carbocycles. The minimum Gasteiger partial charge on any atom is -0.450 e. The lowest BCUT2D eigenvalue weighted by molar-refractivity contribution is -0.199. The first kappa shape index (κ1) is 29.6. The van der Waals surface area contributed by atoms with E-state index in [2.05, 4.69) is 48.5 Å². The number of amides is 2. The minimum absolute atomic E-state index is 0.00876. The molecule has 0 radical (unpaired) electrons. The Morgan fingerprint density at radius 1 is 1.15 bits per heavy atom. The Labute approximate surface area is 243 Å². The third kappa shape index (κ3) is 6.48. The van der Waals surface area contributed by atoms with E-state index in [0.29, 0.717) is 30.6 Å². The third-order valence-corrected chi connectivity index (χ3v) is 9.68. The van der Waals surface area contributed by atoms with Crippen LogP contribution in [0.25, 0.3) is 0 Å². The second-order valence-corrected chi connectivity index (χ2v) is 12.7. The summed E-state index contributed by atoms with van der Waals surface area (Å²) in [7, 11) is -0.567. The number of hydrogen-bond donors (Lipinski definition) is 2. The molecule has 6 rings (SSSR count). The smallest absolute Gasteiger partial charge is 0.450 e. The largest absolute Gasteiger partial charge is 0.481 e. The first-order valence-electron chi connectivity index (χ1n) is 15.2. The Bertz CT molecular complexity index is 1160. The molecular weight excluding hydrogens is 521 g/mol. The predicted octanol–water partition coefficient (Wildman–Crippen LogP) is 4.89. The summed E-state index contributed by atoms with van der Waals surface area (Å²) in [5.74, 6) is 0.824. The van der Waals surface area contributed by atoms with Gasteiger partial charge in [0.05, 0.1) is 30.4 Å². The van der Waals surface area contributed by atoms with Crippen LogP contribution in [-0.2, 0) is 31.7 Å². The predicted molar refractivity (Wildman–Crippen MR) is 155 cm³/mol. The number of rotatable bonds is 13. The molecule has 4 fully saturated rings. The Kier molecular flexibility index (Phi) is 9.09. The molecule has 9 nitrogen and oxygen atoms in total. The average molecular weight is 566 g/mol. The fourth-order valence-corrected chi connectivity index (χ4v) is 7.05. The molecule has 2 bridgehead atoms. The molecule has 0 spiro atoms. The van der Waals surface area contributed by atoms with Crippen LogP contribution in [-0.4, -0.2) is 54.4 Å². The molecule has 1 aromatic carbocycles. The summed E-state index contributed by atoms with van der Waals surface area (Å²) in [6.45, 7) is 9.17. The molecule has 222 valence electrons. The maximum absolute atomic E-state index is 13.8. The van der Waals surface area contributed by atoms with E-state index in [0.717, 1.165) is 38.5 Å². The lowest BCUT2D eigenvalue weighted by Crippen LogP contribution is -2.65. The molecule has 1 aromatic heterocycles. The summed E-state index contributed by atoms with van der Waals surface area (Å²) in [6.07, 6.45) is 8.56. The van der Waals surface area contributed by atoms with E-state index in [1.54, 1.807) is 6.20 Å². The van der Waals surface area contributed by atoms with Crippen molar-refractivity contribution < 1.29 is 28.1 Å². The summed E-state index contributed by atoms with van der Waals surface area (Å²) < 4.78 is 24.0. The number of carbonyl (C=O) groups excluding carboxylic acids is 2. The van der Waals surface area contributed by atoms with Crippen molar-refractivity contribution in [2.45, 2.75) is 103 Å². The second-order valence-electron chi connectivity index (χ2n) is 12.7. The third-order valence-electron chi connectivity index (χ3n) is 9.68. The standard InChI is InChI=1S/C31H44BN3O6/c1-5-6-15-38-29(37)34-24(18-23-19-33-20-39-23)28(36)35-27(14-10-13-21-11-8-7-9-12-21)32-40-26-17-22-16-25(30(22,2)3)31(26,4)41-32/h7-9,11-12,19-20,22,24-27H,5-6,10,13-18H2,1-4H3,(H,34,37)(H,35,36)/t22-,24?,25-,26+,27-,31-/m0/s1. The minimum atomic E-state index is -0.903. The van der Waals surface area contributed by atoms with Gasteiger partial charge in [-0.05, 0) is 68.3 Å². The highest BCUT2D eigenvalue weighted by Gasteiger charge is 2.68. The van der Waals surface area contributed by atoms with E-state index in [1.807, 2.05) is 25.1 Å². The van der Waals surface area contributed by atoms with Crippen molar-refractivity contribution in [1.82, 2.24) is 15.6 Å². The van der Waals surface area contributed by atoms with Crippen LogP contribution in [0.2, 0.25) is 0 Å². The zero-order valence-electron chi connectivity index (χ0n) is 24.8. The van der Waals surface area contributed by atoms with Crippen molar-refractivity contribution in [2.24, 2.45) is 17.3 Å². The van der Waals surface area contributed by atoms with Crippen LogP contribution < -0.4 is 10.6 Å². The quantitative estimate of drug-likeness (QED) is 0.263. The maximum atomic E-state index is 13.8. The number of alkyl carbamates (subject to hydrolysis) is 1. The first-order chi connectivity index (χ1) is 19.7. The summed E-state index contributed by atoms with van der Waals surface area (Å²) in [6, 6.07) is 9.41. The van der Waals surface area contributed by atoms with Crippen LogP contribution >= 0.6 is 0 Å². The number of nitrogens with zero attached hydrogens (tertiary/aromatic N) is 1. The van der Waals surface area contributed by atoms with Crippen molar-refractivity contribution in [3.05, 3.63) is 54.2 Å². The number of unbranched alkanes of at least 4 members (excludes halogenated alkanes) is 1. The van der Waals surface area contributed by atoms with Crippen molar-refractivity contribution >= 4 is 19.1 Å². The number of carbonyl (C=O) groups is 2. The highest BCUT2D eigenvalue weighted by Crippen LogP contribution is 2.65. The molecule has 2 amide bonds. The van der Waals surface area contributed by atoms with E-state index in [1.165, 1.54) is 12.0 Å². The van der Waals surface area contributed by atoms with Crippen LogP contribution in [0, 0.1) is 17.3 Å². The molecule has 2 aromatic rings. The van der Waals surface area contributed by atoms with Gasteiger partial charge in [0.15, 0.2) is 6.39 Å². The molecule has 41 heavy (non-hydrogen) atoms. The van der Waals surface area contributed by atoms with Gasteiger partial charge in [-0.1, -0.05) is 57.5 Å². The van der Waals surface area contributed by atoms with E-state index in [9.17, 15) is 9.59 Å². The highest BCUT2D eigenvalue weighted by molar-refractivity contribution is 6.47. The monoisotopic (exact) mass is 565 g/mol. The van der Waals surface area contributed by atoms with Gasteiger partial charge in [0, 0.05) is 6.42 Å². The van der Waals surface area contributed by atoms with Gasteiger partial charge >= 0.3 is 13.2 Å². The maximum Gasteiger partial charge on any atom is 0.481 e. The van der Waals surface area contributed by atoms with Gasteiger partial charge in [-0.25, -0.2) is 9.78 Å². The Morgan fingerprint density at radius 3 is 2.66 bits per heavy atom. The van der Waals surface area contributed by atoms with Gasteiger partial charge in [0.2, 0.25) is 5.91 Å². The Balaban J connectivity index is 1.30. The molecule has 1 aliphatic heterocycles. The lowest BCUT2D eigenvalue weighted by atomic mass is 9.43. The first-order valence-corrected chi connectivity index (χ1v) is 15.2. The number of ether oxygens (including phenoxy) is 1. The van der Waals surface area contributed by atoms with E-state index in [4.69, 9.17) is 18.5 Å². The number of oxazole rings is 1. The lowest BCUT2D eigenvalue weighted by Gasteiger charge is -2.64. The van der Waals surface area contributed by atoms with Crippen molar-refractivity contribution in [3.63, 3.8) is 0 Å². The van der Waals surface area contributed by atoms with E-state index in [-0.39, 0.29) is 35.4 Å². The summed E-state index contributed by atoms with van der Waals surface area (Å²) in [4.78, 5) is 30.2. The molecule has 3 saturated carbocycles. The fraction of sp³-hybridized carbons (Fsp3) is 0.645. The topological polar surface area (TPSA) is 112 Å². The Hall–Kier alpha value is -2.85. The van der Waals surface area contributed by atoms with Gasteiger partial charge in [-0.15, -0.1) is 0 Å². The van der Waals surface area contributed by atoms with Crippen LogP contribution in [0.4, 0.5) is 4.79 Å². The number of aryl methyl sites for hydroxylation is 1. The molecule has 6 atom stereocenters. The van der Waals surface area contributed by atoms with Crippen LogP contribution in [0.15, 0.2) is 47.3 Å². The fourth-order valence-electron chi connectivity index (χ4n) is 7.05. The van der Waals surface area contributed by atoms with Crippen molar-refractivity contribution in [3.8, 4) is 0 Å². The second kappa shape index (κ2) is 12.6. The van der Waals surface area contributed by atoms with E-state index < -0.39 is 19.3 Å². The SMILES string of the molecule is CCCCOC(=O)NC(Cc1cnco1)C(=O)N[C@@H](CCCc1ccccc1)B1O[C@@H]2C[C@@H]3C[C@@H](C3(C)C)[C@]2(C)O1. The molecule has 4 aliphatic rings. The molecular formula is C31H44BN3O6. The number of hydrogen-bond acceptors (Lipinski definition) is 7. The Morgan fingerprint density at radius 2 is 1.95 bits per heavy atom. The highest BCUT2D eigenvalue weighted by atomic mass is 16.7. The summed E-state index contributed by atoms with van der Waals surface area (Å²) >= 11 is 0. The van der Waals surface area contributed by atoms with Crippen molar-refractivity contribution in [2.75, 3.05) is 6.61 Å². The molecule has 10 heteroatoms. The van der Waals surface area contributed by atoms with Gasteiger partial charge in [-0.3, -0.25) is 4.79 Å². The van der Waals surface area contributed by atoms with Gasteiger partial charge < -0.3 is 29.1 Å². The number of aromatic nitrogens is 1. The molecule has 1 unspecified atom stereocenters. The van der Waals surface area contributed by atoms with Crippen LogP contribution in [0.3, 0.4) is 0 Å². The summed E-state index contributed by atoms with van der Waals surface area (Å²) in [5, 5.41) is 5.92.